The minimum absolute atomic E-state index is 0.0918. The van der Waals surface area contributed by atoms with E-state index in [2.05, 4.69) is 5.32 Å². The van der Waals surface area contributed by atoms with Crippen LogP contribution in [0.4, 0.5) is 0 Å². The lowest BCUT2D eigenvalue weighted by Crippen LogP contribution is -2.41. The highest BCUT2D eigenvalue weighted by Gasteiger charge is 2.24. The number of carboxylic acid groups (broad SMARTS) is 1. The topological polar surface area (TPSA) is 92.4 Å². The Morgan fingerprint density at radius 2 is 2.21 bits per heavy atom. The number of amides is 1. The van der Waals surface area contributed by atoms with E-state index >= 15 is 0 Å². The Kier molecular flexibility index (Phi) is 3.24. The zero-order valence-corrected chi connectivity index (χ0v) is 7.93. The smallest absolute Gasteiger partial charge is 0.325 e. The fourth-order valence-electron chi connectivity index (χ4n) is 1.30. The molecule has 0 saturated heterocycles. The summed E-state index contributed by atoms with van der Waals surface area (Å²) in [5, 5.41) is 11.0. The van der Waals surface area contributed by atoms with Gasteiger partial charge in [0, 0.05) is 6.04 Å². The second kappa shape index (κ2) is 4.23. The standard InChI is InChI=1S/C9H14N2O3/c1-5(9(13)14)11-8(12)6-2-3-7(10)4-6/h2-3,5-7H,4,10H2,1H3,(H,11,12)(H,13,14)/t5-,6?,7?/m0/s1. The molecule has 0 bridgehead atoms. The van der Waals surface area contributed by atoms with Gasteiger partial charge in [-0.05, 0) is 13.3 Å². The summed E-state index contributed by atoms with van der Waals surface area (Å²) >= 11 is 0. The largest absolute Gasteiger partial charge is 0.480 e. The highest BCUT2D eigenvalue weighted by Crippen LogP contribution is 2.16. The maximum absolute atomic E-state index is 11.4. The minimum atomic E-state index is -1.04. The van der Waals surface area contributed by atoms with Crippen molar-refractivity contribution in [1.29, 1.82) is 0 Å². The summed E-state index contributed by atoms with van der Waals surface area (Å²) in [5.41, 5.74) is 5.57. The van der Waals surface area contributed by atoms with Gasteiger partial charge in [0.05, 0.1) is 5.92 Å². The highest BCUT2D eigenvalue weighted by molar-refractivity contribution is 5.86. The molecule has 0 aromatic heterocycles. The predicted molar refractivity (Wildman–Crippen MR) is 50.5 cm³/mol. The van der Waals surface area contributed by atoms with Crippen LogP contribution >= 0.6 is 0 Å². The van der Waals surface area contributed by atoms with Crippen LogP contribution in [0.1, 0.15) is 13.3 Å². The van der Waals surface area contributed by atoms with Gasteiger partial charge in [-0.1, -0.05) is 12.2 Å². The van der Waals surface area contributed by atoms with Crippen LogP contribution in [-0.2, 0) is 9.59 Å². The molecule has 1 aliphatic carbocycles. The summed E-state index contributed by atoms with van der Waals surface area (Å²) in [7, 11) is 0. The summed E-state index contributed by atoms with van der Waals surface area (Å²) in [6.45, 7) is 1.43. The average molecular weight is 198 g/mol. The van der Waals surface area contributed by atoms with Gasteiger partial charge in [0.2, 0.25) is 5.91 Å². The molecule has 14 heavy (non-hydrogen) atoms. The van der Waals surface area contributed by atoms with E-state index in [1.165, 1.54) is 6.92 Å². The molecule has 0 aliphatic heterocycles. The van der Waals surface area contributed by atoms with Crippen LogP contribution in [-0.4, -0.2) is 29.1 Å². The molecule has 2 unspecified atom stereocenters. The number of rotatable bonds is 3. The van der Waals surface area contributed by atoms with Crippen LogP contribution in [0, 0.1) is 5.92 Å². The molecule has 1 aliphatic rings. The van der Waals surface area contributed by atoms with Crippen molar-refractivity contribution in [3.05, 3.63) is 12.2 Å². The van der Waals surface area contributed by atoms with Gasteiger partial charge in [-0.15, -0.1) is 0 Å². The molecule has 0 aromatic rings. The van der Waals surface area contributed by atoms with Gasteiger partial charge in [-0.2, -0.15) is 0 Å². The average Bonchev–Trinajstić information content (AvgIpc) is 2.51. The summed E-state index contributed by atoms with van der Waals surface area (Å²) in [5.74, 6) is -1.60. The van der Waals surface area contributed by atoms with Gasteiger partial charge in [-0.25, -0.2) is 0 Å². The molecule has 5 nitrogen and oxygen atoms in total. The van der Waals surface area contributed by atoms with Crippen LogP contribution < -0.4 is 11.1 Å². The third-order valence-electron chi connectivity index (χ3n) is 2.18. The maximum Gasteiger partial charge on any atom is 0.325 e. The SMILES string of the molecule is C[C@H](NC(=O)C1C=CC(N)C1)C(=O)O. The van der Waals surface area contributed by atoms with E-state index < -0.39 is 12.0 Å². The molecule has 3 atom stereocenters. The lowest BCUT2D eigenvalue weighted by atomic mass is 10.1. The Morgan fingerprint density at radius 1 is 1.57 bits per heavy atom. The Morgan fingerprint density at radius 3 is 2.64 bits per heavy atom. The minimum Gasteiger partial charge on any atom is -0.480 e. The number of carbonyl (C=O) groups excluding carboxylic acids is 1. The van der Waals surface area contributed by atoms with Gasteiger partial charge < -0.3 is 16.2 Å². The molecule has 0 aromatic carbocycles. The molecule has 5 heteroatoms. The number of carbonyl (C=O) groups is 2. The number of nitrogens with one attached hydrogen (secondary N) is 1. The van der Waals surface area contributed by atoms with Gasteiger partial charge in [-0.3, -0.25) is 9.59 Å². The normalized spacial score (nSPS) is 27.3. The summed E-state index contributed by atoms with van der Waals surface area (Å²) < 4.78 is 0. The zero-order chi connectivity index (χ0) is 10.7. The Balaban J connectivity index is 2.43. The molecule has 4 N–H and O–H groups in total. The van der Waals surface area contributed by atoms with Crippen molar-refractivity contribution in [3.63, 3.8) is 0 Å². The molecule has 1 amide bonds. The molecule has 0 saturated carbocycles. The number of nitrogens with two attached hydrogens (primary N) is 1. The first kappa shape index (κ1) is 10.7. The number of carboxylic acids is 1. The van der Waals surface area contributed by atoms with E-state index in [9.17, 15) is 9.59 Å². The van der Waals surface area contributed by atoms with Crippen molar-refractivity contribution in [3.8, 4) is 0 Å². The van der Waals surface area contributed by atoms with Gasteiger partial charge in [0.25, 0.3) is 0 Å². The number of aliphatic carboxylic acids is 1. The predicted octanol–water partition coefficient (Wildman–Crippen LogP) is -0.521. The van der Waals surface area contributed by atoms with Gasteiger partial charge in [0.15, 0.2) is 0 Å². The van der Waals surface area contributed by atoms with Gasteiger partial charge in [0.1, 0.15) is 6.04 Å². The summed E-state index contributed by atoms with van der Waals surface area (Å²) in [6, 6.07) is -0.946. The molecule has 0 heterocycles. The lowest BCUT2D eigenvalue weighted by Gasteiger charge is -2.13. The monoisotopic (exact) mass is 198 g/mol. The van der Waals surface area contributed by atoms with E-state index in [-0.39, 0.29) is 17.9 Å². The van der Waals surface area contributed by atoms with E-state index in [1.54, 1.807) is 12.2 Å². The fraction of sp³-hybridized carbons (Fsp3) is 0.556. The maximum atomic E-state index is 11.4. The molecule has 78 valence electrons. The van der Waals surface area contributed by atoms with Crippen LogP contribution in [0.3, 0.4) is 0 Å². The number of hydrogen-bond donors (Lipinski definition) is 3. The lowest BCUT2D eigenvalue weighted by molar-refractivity contribution is -0.141. The van der Waals surface area contributed by atoms with Crippen molar-refractivity contribution in [2.75, 3.05) is 0 Å². The summed E-state index contributed by atoms with van der Waals surface area (Å²) in [4.78, 5) is 21.9. The van der Waals surface area contributed by atoms with E-state index in [0.29, 0.717) is 6.42 Å². The molecule has 0 spiro atoms. The van der Waals surface area contributed by atoms with Crippen molar-refractivity contribution >= 4 is 11.9 Å². The molecule has 0 radical (unpaired) electrons. The van der Waals surface area contributed by atoms with E-state index in [0.717, 1.165) is 0 Å². The van der Waals surface area contributed by atoms with Crippen molar-refractivity contribution in [2.24, 2.45) is 11.7 Å². The first-order valence-corrected chi connectivity index (χ1v) is 4.48. The quantitative estimate of drug-likeness (QED) is 0.532. The van der Waals surface area contributed by atoms with Crippen molar-refractivity contribution in [1.82, 2.24) is 5.32 Å². The number of hydrogen-bond acceptors (Lipinski definition) is 3. The second-order valence-corrected chi connectivity index (χ2v) is 3.46. The van der Waals surface area contributed by atoms with Crippen molar-refractivity contribution < 1.29 is 14.7 Å². The third-order valence-corrected chi connectivity index (χ3v) is 2.18. The molecule has 1 rings (SSSR count). The third kappa shape index (κ3) is 2.56. The first-order valence-electron chi connectivity index (χ1n) is 4.48. The van der Waals surface area contributed by atoms with E-state index in [1.807, 2.05) is 0 Å². The molecule has 0 fully saturated rings. The summed E-state index contributed by atoms with van der Waals surface area (Å²) in [6.07, 6.45) is 4.03. The molecular formula is C9H14N2O3. The zero-order valence-electron chi connectivity index (χ0n) is 7.93. The van der Waals surface area contributed by atoms with E-state index in [4.69, 9.17) is 10.8 Å². The van der Waals surface area contributed by atoms with Crippen molar-refractivity contribution in [2.45, 2.75) is 25.4 Å². The Labute approximate surface area is 82.0 Å². The van der Waals surface area contributed by atoms with Crippen LogP contribution in [0.15, 0.2) is 12.2 Å². The molecular weight excluding hydrogens is 184 g/mol. The fourth-order valence-corrected chi connectivity index (χ4v) is 1.30. The second-order valence-electron chi connectivity index (χ2n) is 3.46. The Hall–Kier alpha value is -1.36. The van der Waals surface area contributed by atoms with Crippen LogP contribution in [0.2, 0.25) is 0 Å². The first-order chi connectivity index (χ1) is 6.50. The van der Waals surface area contributed by atoms with Crippen LogP contribution in [0.25, 0.3) is 0 Å². The Bertz CT molecular complexity index is 275. The van der Waals surface area contributed by atoms with Crippen LogP contribution in [0.5, 0.6) is 0 Å². The highest BCUT2D eigenvalue weighted by atomic mass is 16.4. The van der Waals surface area contributed by atoms with Gasteiger partial charge >= 0.3 is 5.97 Å².